The van der Waals surface area contributed by atoms with Crippen LogP contribution in [0.5, 0.6) is 5.75 Å². The van der Waals surface area contributed by atoms with Crippen LogP contribution >= 0.6 is 0 Å². The molecule has 0 amide bonds. The third kappa shape index (κ3) is 3.42. The maximum Gasteiger partial charge on any atom is 0.460 e. The molecule has 176 valence electrons. The predicted octanol–water partition coefficient (Wildman–Crippen LogP) is 4.16. The Hall–Kier alpha value is -2.70. The minimum Gasteiger partial charge on any atom is -0.479 e. The molecule has 1 N–H and O–H groups in total. The van der Waals surface area contributed by atoms with Crippen LogP contribution in [-0.2, 0) is 5.92 Å². The van der Waals surface area contributed by atoms with Gasteiger partial charge in [0.05, 0.1) is 6.04 Å². The quantitative estimate of drug-likeness (QED) is 0.662. The largest absolute Gasteiger partial charge is 0.479 e. The standard InChI is InChI=1S/C19H14F9NO3/c20-8-16(9-21)15(31)14(29-6-2-1-3-13(29)30)11-7-10(4-5-12(11)32-16)17(22,23)18(24,25)19(26,27)28/h1-7,14-15,31H,8-9H2/t14-,15+/m1/s1. The molecule has 3 rings (SSSR count). The van der Waals surface area contributed by atoms with Crippen LogP contribution < -0.4 is 10.3 Å². The number of aliphatic hydroxyl groups excluding tert-OH is 1. The first-order valence-corrected chi connectivity index (χ1v) is 8.86. The Bertz CT molecular complexity index is 1050. The molecule has 1 aromatic heterocycles. The van der Waals surface area contributed by atoms with Gasteiger partial charge in [0.15, 0.2) is 5.60 Å². The van der Waals surface area contributed by atoms with Gasteiger partial charge < -0.3 is 14.4 Å². The zero-order valence-corrected chi connectivity index (χ0v) is 15.7. The summed E-state index contributed by atoms with van der Waals surface area (Å²) in [5, 5.41) is 10.6. The molecule has 0 bridgehead atoms. The Morgan fingerprint density at radius 2 is 1.62 bits per heavy atom. The number of halogens is 9. The van der Waals surface area contributed by atoms with Gasteiger partial charge in [-0.05, 0) is 24.3 Å². The van der Waals surface area contributed by atoms with Crippen molar-refractivity contribution in [2.24, 2.45) is 0 Å². The average molecular weight is 475 g/mol. The van der Waals surface area contributed by atoms with Gasteiger partial charge in [-0.25, -0.2) is 8.78 Å². The summed E-state index contributed by atoms with van der Waals surface area (Å²) in [6.07, 6.45) is -7.82. The van der Waals surface area contributed by atoms with E-state index in [0.29, 0.717) is 10.6 Å². The number of pyridine rings is 1. The van der Waals surface area contributed by atoms with Gasteiger partial charge in [-0.3, -0.25) is 4.79 Å². The van der Waals surface area contributed by atoms with Gasteiger partial charge in [0.1, 0.15) is 25.2 Å². The van der Waals surface area contributed by atoms with Crippen LogP contribution in [0.25, 0.3) is 0 Å². The number of ether oxygens (including phenoxy) is 1. The second-order valence-electron chi connectivity index (χ2n) is 7.17. The minimum absolute atomic E-state index is 0.183. The zero-order chi connectivity index (χ0) is 24.1. The smallest absolute Gasteiger partial charge is 0.460 e. The summed E-state index contributed by atoms with van der Waals surface area (Å²) in [7, 11) is 0. The molecule has 1 aliphatic heterocycles. The number of rotatable bonds is 5. The van der Waals surface area contributed by atoms with Crippen molar-refractivity contribution in [1.29, 1.82) is 0 Å². The zero-order valence-electron chi connectivity index (χ0n) is 15.7. The Balaban J connectivity index is 2.26. The number of fused-ring (bicyclic) bond motifs is 1. The molecule has 0 fully saturated rings. The lowest BCUT2D eigenvalue weighted by Gasteiger charge is -2.44. The first-order chi connectivity index (χ1) is 14.7. The van der Waals surface area contributed by atoms with Crippen molar-refractivity contribution in [3.05, 3.63) is 64.1 Å². The van der Waals surface area contributed by atoms with Gasteiger partial charge in [-0.2, -0.15) is 30.7 Å². The monoisotopic (exact) mass is 475 g/mol. The molecule has 0 aliphatic carbocycles. The van der Waals surface area contributed by atoms with Gasteiger partial charge >= 0.3 is 18.0 Å². The molecule has 0 saturated carbocycles. The number of hydrogen-bond donors (Lipinski definition) is 1. The van der Waals surface area contributed by atoms with Crippen molar-refractivity contribution < 1.29 is 49.4 Å². The molecule has 0 saturated heterocycles. The molecule has 4 nitrogen and oxygen atoms in total. The maximum atomic E-state index is 14.2. The van der Waals surface area contributed by atoms with E-state index in [1.165, 1.54) is 12.1 Å². The van der Waals surface area contributed by atoms with Crippen LogP contribution in [0.2, 0.25) is 0 Å². The van der Waals surface area contributed by atoms with Crippen LogP contribution in [0.4, 0.5) is 39.5 Å². The van der Waals surface area contributed by atoms with Crippen molar-refractivity contribution >= 4 is 0 Å². The summed E-state index contributed by atoms with van der Waals surface area (Å²) in [6.45, 7) is -3.27. The molecule has 0 unspecified atom stereocenters. The van der Waals surface area contributed by atoms with Gasteiger partial charge in [-0.1, -0.05) is 6.07 Å². The van der Waals surface area contributed by atoms with E-state index in [1.54, 1.807) is 0 Å². The fraction of sp³-hybridized carbons (Fsp3) is 0.421. The van der Waals surface area contributed by atoms with E-state index in [4.69, 9.17) is 4.74 Å². The molecular weight excluding hydrogens is 461 g/mol. The third-order valence-electron chi connectivity index (χ3n) is 5.20. The number of alkyl halides is 9. The van der Waals surface area contributed by atoms with Crippen LogP contribution in [0.15, 0.2) is 47.4 Å². The van der Waals surface area contributed by atoms with Crippen LogP contribution in [-0.4, -0.2) is 46.8 Å². The summed E-state index contributed by atoms with van der Waals surface area (Å²) < 4.78 is 126. The Labute approximate surface area is 173 Å². The first-order valence-electron chi connectivity index (χ1n) is 8.86. The lowest BCUT2D eigenvalue weighted by molar-refractivity contribution is -0.359. The summed E-state index contributed by atoms with van der Waals surface area (Å²) in [4.78, 5) is 12.2. The number of nitrogens with zero attached hydrogens (tertiary/aromatic N) is 1. The number of benzene rings is 1. The fourth-order valence-corrected chi connectivity index (χ4v) is 3.38. The Kier molecular flexibility index (Phi) is 5.77. The molecule has 2 atom stereocenters. The van der Waals surface area contributed by atoms with E-state index in [1.807, 2.05) is 0 Å². The maximum absolute atomic E-state index is 14.2. The molecule has 0 radical (unpaired) electrons. The van der Waals surface area contributed by atoms with Gasteiger partial charge in [-0.15, -0.1) is 0 Å². The number of aromatic nitrogens is 1. The van der Waals surface area contributed by atoms with E-state index in [-0.39, 0.29) is 12.1 Å². The van der Waals surface area contributed by atoms with Gasteiger partial charge in [0.25, 0.3) is 5.56 Å². The Morgan fingerprint density at radius 1 is 1.00 bits per heavy atom. The van der Waals surface area contributed by atoms with E-state index in [2.05, 4.69) is 0 Å². The van der Waals surface area contributed by atoms with Gasteiger partial charge in [0, 0.05) is 23.4 Å². The molecule has 0 spiro atoms. The highest BCUT2D eigenvalue weighted by molar-refractivity contribution is 5.45. The average Bonchev–Trinajstić information content (AvgIpc) is 2.73. The molecule has 13 heteroatoms. The van der Waals surface area contributed by atoms with Crippen LogP contribution in [0.3, 0.4) is 0 Å². The fourth-order valence-electron chi connectivity index (χ4n) is 3.38. The Morgan fingerprint density at radius 3 is 2.16 bits per heavy atom. The van der Waals surface area contributed by atoms with Crippen molar-refractivity contribution in [2.75, 3.05) is 13.3 Å². The third-order valence-corrected chi connectivity index (χ3v) is 5.20. The van der Waals surface area contributed by atoms with Crippen molar-refractivity contribution in [1.82, 2.24) is 4.57 Å². The lowest BCUT2D eigenvalue weighted by atomic mass is 9.84. The van der Waals surface area contributed by atoms with Crippen molar-refractivity contribution in [3.8, 4) is 5.75 Å². The van der Waals surface area contributed by atoms with E-state index >= 15 is 0 Å². The lowest BCUT2D eigenvalue weighted by Crippen LogP contribution is -2.59. The predicted molar refractivity (Wildman–Crippen MR) is 91.5 cm³/mol. The van der Waals surface area contributed by atoms with Crippen LogP contribution in [0.1, 0.15) is 17.2 Å². The molecule has 1 aromatic carbocycles. The van der Waals surface area contributed by atoms with Gasteiger partial charge in [0.2, 0.25) is 0 Å². The summed E-state index contributed by atoms with van der Waals surface area (Å²) in [5.74, 6) is -12.8. The van der Waals surface area contributed by atoms with Crippen molar-refractivity contribution in [2.45, 2.75) is 35.8 Å². The first kappa shape index (κ1) is 24.0. The van der Waals surface area contributed by atoms with Crippen molar-refractivity contribution in [3.63, 3.8) is 0 Å². The molecule has 2 aromatic rings. The molecule has 1 aliphatic rings. The topological polar surface area (TPSA) is 51.5 Å². The second kappa shape index (κ2) is 7.71. The number of hydrogen-bond acceptors (Lipinski definition) is 3. The van der Waals surface area contributed by atoms with E-state index in [9.17, 15) is 49.4 Å². The number of aliphatic hydroxyl groups is 1. The second-order valence-corrected chi connectivity index (χ2v) is 7.17. The molecular formula is C19H14F9NO3. The van der Waals surface area contributed by atoms with Crippen LogP contribution in [0, 0.1) is 0 Å². The highest BCUT2D eigenvalue weighted by atomic mass is 19.4. The normalized spacial score (nSPS) is 21.1. The highest BCUT2D eigenvalue weighted by Gasteiger charge is 2.73. The molecule has 2 heterocycles. The van der Waals surface area contributed by atoms with E-state index in [0.717, 1.165) is 12.3 Å². The SMILES string of the molecule is O=c1ccccn1[C@@H]1c2cc(C(F)(F)C(F)(F)C(F)(F)F)ccc2OC(CF)(CF)[C@H]1O. The van der Waals surface area contributed by atoms with E-state index < -0.39 is 71.6 Å². The molecule has 32 heavy (non-hydrogen) atoms. The summed E-state index contributed by atoms with van der Waals surface area (Å²) in [6, 6.07) is 2.49. The summed E-state index contributed by atoms with van der Waals surface area (Å²) in [5.41, 5.74) is -5.91. The highest BCUT2D eigenvalue weighted by Crippen LogP contribution is 2.53. The minimum atomic E-state index is -6.60. The summed E-state index contributed by atoms with van der Waals surface area (Å²) >= 11 is 0.